The molecule has 1 unspecified atom stereocenters. The quantitative estimate of drug-likeness (QED) is 0.767. The number of benzene rings is 1. The molecule has 0 bridgehead atoms. The molecular formula is C12H15ClINO3. The number of methoxy groups -OCH3 is 2. The van der Waals surface area contributed by atoms with Gasteiger partial charge in [0.2, 0.25) is 0 Å². The van der Waals surface area contributed by atoms with E-state index in [9.17, 15) is 4.79 Å². The van der Waals surface area contributed by atoms with Crippen LogP contribution in [0.4, 0.5) is 0 Å². The van der Waals surface area contributed by atoms with E-state index >= 15 is 0 Å². The first-order valence-corrected chi connectivity index (χ1v) is 6.79. The van der Waals surface area contributed by atoms with Gasteiger partial charge < -0.3 is 14.8 Å². The van der Waals surface area contributed by atoms with Crippen molar-refractivity contribution < 1.29 is 14.3 Å². The second-order valence-corrected chi connectivity index (χ2v) is 5.22. The van der Waals surface area contributed by atoms with Crippen LogP contribution in [-0.4, -0.2) is 39.4 Å². The minimum Gasteiger partial charge on any atom is -0.382 e. The lowest BCUT2D eigenvalue weighted by molar-refractivity contribution is 0.0285. The average Bonchev–Trinajstić information content (AvgIpc) is 2.37. The van der Waals surface area contributed by atoms with E-state index < -0.39 is 0 Å². The number of halogens is 2. The predicted molar refractivity (Wildman–Crippen MR) is 79.2 cm³/mol. The molecule has 0 aliphatic rings. The molecule has 0 aromatic heterocycles. The SMILES string of the molecule is COCC(CNC(=O)c1ccc(I)c(Cl)c1)OC. The molecule has 1 aromatic carbocycles. The van der Waals surface area contributed by atoms with E-state index in [0.717, 1.165) is 3.57 Å². The molecular weight excluding hydrogens is 368 g/mol. The predicted octanol–water partition coefficient (Wildman–Crippen LogP) is 2.34. The van der Waals surface area contributed by atoms with Crippen molar-refractivity contribution in [3.8, 4) is 0 Å². The van der Waals surface area contributed by atoms with Crippen LogP contribution in [0.25, 0.3) is 0 Å². The van der Waals surface area contributed by atoms with E-state index in [0.29, 0.717) is 23.7 Å². The zero-order valence-electron chi connectivity index (χ0n) is 10.2. The lowest BCUT2D eigenvalue weighted by Gasteiger charge is -2.15. The number of ether oxygens (including phenoxy) is 2. The second-order valence-electron chi connectivity index (χ2n) is 3.65. The van der Waals surface area contributed by atoms with Gasteiger partial charge in [-0.05, 0) is 40.8 Å². The zero-order chi connectivity index (χ0) is 13.5. The first kappa shape index (κ1) is 15.7. The summed E-state index contributed by atoms with van der Waals surface area (Å²) in [5.41, 5.74) is 0.535. The van der Waals surface area contributed by atoms with Crippen molar-refractivity contribution in [1.82, 2.24) is 5.32 Å². The average molecular weight is 384 g/mol. The summed E-state index contributed by atoms with van der Waals surface area (Å²) in [7, 11) is 3.17. The van der Waals surface area contributed by atoms with Crippen LogP contribution < -0.4 is 5.32 Å². The molecule has 1 N–H and O–H groups in total. The van der Waals surface area contributed by atoms with Crippen LogP contribution in [0.2, 0.25) is 5.02 Å². The molecule has 4 nitrogen and oxygen atoms in total. The number of nitrogens with one attached hydrogen (secondary N) is 1. The van der Waals surface area contributed by atoms with E-state index in [2.05, 4.69) is 27.9 Å². The highest BCUT2D eigenvalue weighted by molar-refractivity contribution is 14.1. The Balaban J connectivity index is 2.57. The van der Waals surface area contributed by atoms with Crippen LogP contribution in [0.1, 0.15) is 10.4 Å². The van der Waals surface area contributed by atoms with Crippen molar-refractivity contribution >= 4 is 40.1 Å². The number of amides is 1. The summed E-state index contributed by atoms with van der Waals surface area (Å²) in [5.74, 6) is -0.175. The lowest BCUT2D eigenvalue weighted by Crippen LogP contribution is -2.35. The van der Waals surface area contributed by atoms with Gasteiger partial charge in [0, 0.05) is 29.9 Å². The maximum Gasteiger partial charge on any atom is 0.251 e. The highest BCUT2D eigenvalue weighted by Crippen LogP contribution is 2.19. The standard InChI is InChI=1S/C12H15ClINO3/c1-17-7-9(18-2)6-15-12(16)8-3-4-11(14)10(13)5-8/h3-5,9H,6-7H2,1-2H3,(H,15,16). The Morgan fingerprint density at radius 1 is 1.50 bits per heavy atom. The third-order valence-electron chi connectivity index (χ3n) is 2.36. The van der Waals surface area contributed by atoms with Gasteiger partial charge in [-0.1, -0.05) is 11.6 Å². The van der Waals surface area contributed by atoms with Gasteiger partial charge in [-0.2, -0.15) is 0 Å². The Morgan fingerprint density at radius 3 is 2.78 bits per heavy atom. The van der Waals surface area contributed by atoms with E-state index in [1.165, 1.54) is 0 Å². The number of rotatable bonds is 6. The van der Waals surface area contributed by atoms with Crippen LogP contribution in [-0.2, 0) is 9.47 Å². The maximum atomic E-state index is 11.9. The number of carbonyl (C=O) groups is 1. The molecule has 18 heavy (non-hydrogen) atoms. The van der Waals surface area contributed by atoms with Crippen molar-refractivity contribution in [2.45, 2.75) is 6.10 Å². The van der Waals surface area contributed by atoms with E-state index in [-0.39, 0.29) is 12.0 Å². The molecule has 0 saturated heterocycles. The molecule has 0 saturated carbocycles. The Morgan fingerprint density at radius 2 is 2.22 bits per heavy atom. The number of carbonyl (C=O) groups excluding carboxylic acids is 1. The normalized spacial score (nSPS) is 12.2. The number of hydrogen-bond acceptors (Lipinski definition) is 3. The fraction of sp³-hybridized carbons (Fsp3) is 0.417. The summed E-state index contributed by atoms with van der Waals surface area (Å²) in [6.07, 6.45) is -0.154. The van der Waals surface area contributed by atoms with Gasteiger partial charge in [0.1, 0.15) is 0 Å². The lowest BCUT2D eigenvalue weighted by atomic mass is 10.2. The maximum absolute atomic E-state index is 11.9. The highest BCUT2D eigenvalue weighted by Gasteiger charge is 2.11. The van der Waals surface area contributed by atoms with Gasteiger partial charge in [-0.15, -0.1) is 0 Å². The molecule has 6 heteroatoms. The topological polar surface area (TPSA) is 47.6 Å². The van der Waals surface area contributed by atoms with Gasteiger partial charge in [-0.3, -0.25) is 4.79 Å². The monoisotopic (exact) mass is 383 g/mol. The zero-order valence-corrected chi connectivity index (χ0v) is 13.1. The third-order valence-corrected chi connectivity index (χ3v) is 3.93. The first-order chi connectivity index (χ1) is 8.58. The first-order valence-electron chi connectivity index (χ1n) is 5.33. The molecule has 1 rings (SSSR count). The van der Waals surface area contributed by atoms with Crippen LogP contribution in [0.5, 0.6) is 0 Å². The molecule has 0 radical (unpaired) electrons. The van der Waals surface area contributed by atoms with Crippen LogP contribution in [0.3, 0.4) is 0 Å². The van der Waals surface area contributed by atoms with Gasteiger partial charge in [-0.25, -0.2) is 0 Å². The van der Waals surface area contributed by atoms with E-state index in [1.807, 2.05) is 0 Å². The molecule has 0 spiro atoms. The van der Waals surface area contributed by atoms with Crippen molar-refractivity contribution in [2.75, 3.05) is 27.4 Å². The third kappa shape index (κ3) is 4.72. The minimum atomic E-state index is -0.175. The van der Waals surface area contributed by atoms with Gasteiger partial charge in [0.25, 0.3) is 5.91 Å². The summed E-state index contributed by atoms with van der Waals surface area (Å²) in [4.78, 5) is 11.9. The van der Waals surface area contributed by atoms with Crippen molar-refractivity contribution in [1.29, 1.82) is 0 Å². The minimum absolute atomic E-state index is 0.154. The molecule has 1 amide bonds. The Hall–Kier alpha value is -0.370. The van der Waals surface area contributed by atoms with Gasteiger partial charge in [0.15, 0.2) is 0 Å². The summed E-state index contributed by atoms with van der Waals surface area (Å²) < 4.78 is 11.0. The fourth-order valence-corrected chi connectivity index (χ4v) is 1.86. The molecule has 0 aliphatic carbocycles. The highest BCUT2D eigenvalue weighted by atomic mass is 127. The molecule has 0 aliphatic heterocycles. The van der Waals surface area contributed by atoms with Gasteiger partial charge in [0.05, 0.1) is 17.7 Å². The summed E-state index contributed by atoms with van der Waals surface area (Å²) in [6, 6.07) is 5.19. The largest absolute Gasteiger partial charge is 0.382 e. The second kappa shape index (κ2) is 7.93. The molecule has 100 valence electrons. The molecule has 0 fully saturated rings. The summed E-state index contributed by atoms with van der Waals surface area (Å²) in [6.45, 7) is 0.830. The Labute approximate surface area is 125 Å². The molecule has 0 heterocycles. The summed E-state index contributed by atoms with van der Waals surface area (Å²) >= 11 is 8.08. The molecule has 1 aromatic rings. The molecule has 1 atom stereocenters. The fourth-order valence-electron chi connectivity index (χ4n) is 1.34. The Bertz CT molecular complexity index is 414. The van der Waals surface area contributed by atoms with Crippen molar-refractivity contribution in [2.24, 2.45) is 0 Å². The van der Waals surface area contributed by atoms with Crippen molar-refractivity contribution in [3.63, 3.8) is 0 Å². The van der Waals surface area contributed by atoms with Crippen LogP contribution in [0, 0.1) is 3.57 Å². The van der Waals surface area contributed by atoms with E-state index in [1.54, 1.807) is 32.4 Å². The van der Waals surface area contributed by atoms with E-state index in [4.69, 9.17) is 21.1 Å². The van der Waals surface area contributed by atoms with Crippen LogP contribution in [0.15, 0.2) is 18.2 Å². The van der Waals surface area contributed by atoms with Crippen LogP contribution >= 0.6 is 34.2 Å². The smallest absolute Gasteiger partial charge is 0.251 e. The Kier molecular flexibility index (Phi) is 6.91. The summed E-state index contributed by atoms with van der Waals surface area (Å²) in [5, 5.41) is 3.35. The number of hydrogen-bond donors (Lipinski definition) is 1. The van der Waals surface area contributed by atoms with Crippen molar-refractivity contribution in [3.05, 3.63) is 32.4 Å². The van der Waals surface area contributed by atoms with Gasteiger partial charge >= 0.3 is 0 Å².